The molecular formula is C13H22N2O3S. The van der Waals surface area contributed by atoms with Crippen molar-refractivity contribution in [2.24, 2.45) is 0 Å². The van der Waals surface area contributed by atoms with Crippen LogP contribution in [0, 0.1) is 0 Å². The number of carbonyl (C=O) groups excluding carboxylic acids is 1. The summed E-state index contributed by atoms with van der Waals surface area (Å²) in [5, 5.41) is 8.95. The van der Waals surface area contributed by atoms with Gasteiger partial charge in [0, 0.05) is 31.1 Å². The summed E-state index contributed by atoms with van der Waals surface area (Å²) in [6, 6.07) is 0.193. The van der Waals surface area contributed by atoms with Gasteiger partial charge in [-0.25, -0.2) is 4.79 Å². The number of nitrogens with zero attached hydrogens (tertiary/aromatic N) is 2. The van der Waals surface area contributed by atoms with Crippen molar-refractivity contribution < 1.29 is 14.7 Å². The third-order valence-corrected chi connectivity index (χ3v) is 5.15. The third kappa shape index (κ3) is 3.55. The molecule has 2 fully saturated rings. The molecule has 19 heavy (non-hydrogen) atoms. The fourth-order valence-electron chi connectivity index (χ4n) is 2.93. The molecule has 0 spiro atoms. The van der Waals surface area contributed by atoms with Crippen LogP contribution < -0.4 is 0 Å². The molecule has 1 saturated heterocycles. The van der Waals surface area contributed by atoms with Crippen molar-refractivity contribution in [3.63, 3.8) is 0 Å². The van der Waals surface area contributed by atoms with Gasteiger partial charge in [0.05, 0.1) is 12.5 Å². The van der Waals surface area contributed by atoms with Gasteiger partial charge in [0.15, 0.2) is 0 Å². The number of hydrogen-bond acceptors (Lipinski definition) is 3. The number of hydrogen-bond donors (Lipinski definition) is 1. The van der Waals surface area contributed by atoms with E-state index in [-0.39, 0.29) is 18.5 Å². The number of aliphatic carboxylic acids is 1. The van der Waals surface area contributed by atoms with E-state index in [1.165, 1.54) is 12.8 Å². The molecule has 2 rings (SSSR count). The highest BCUT2D eigenvalue weighted by atomic mass is 32.2. The van der Waals surface area contributed by atoms with E-state index in [0.29, 0.717) is 12.6 Å². The van der Waals surface area contributed by atoms with Crippen LogP contribution in [0.25, 0.3) is 0 Å². The van der Waals surface area contributed by atoms with Crippen molar-refractivity contribution in [1.82, 2.24) is 9.80 Å². The first-order valence-electron chi connectivity index (χ1n) is 6.92. The van der Waals surface area contributed by atoms with E-state index in [2.05, 4.69) is 0 Å². The van der Waals surface area contributed by atoms with Crippen LogP contribution in [-0.4, -0.2) is 64.1 Å². The van der Waals surface area contributed by atoms with E-state index in [9.17, 15) is 9.59 Å². The van der Waals surface area contributed by atoms with E-state index in [1.807, 2.05) is 11.9 Å². The topological polar surface area (TPSA) is 60.9 Å². The smallest absolute Gasteiger partial charge is 0.320 e. The molecule has 0 aromatic carbocycles. The van der Waals surface area contributed by atoms with Gasteiger partial charge >= 0.3 is 12.0 Å². The van der Waals surface area contributed by atoms with Gasteiger partial charge in [0.2, 0.25) is 0 Å². The minimum Gasteiger partial charge on any atom is -0.481 e. The summed E-state index contributed by atoms with van der Waals surface area (Å²) in [7, 11) is 1.86. The zero-order chi connectivity index (χ0) is 13.8. The molecule has 2 amide bonds. The Morgan fingerprint density at radius 1 is 1.37 bits per heavy atom. The first kappa shape index (κ1) is 14.5. The summed E-state index contributed by atoms with van der Waals surface area (Å²) < 4.78 is 0. The number of carboxylic acids is 1. The van der Waals surface area contributed by atoms with Crippen molar-refractivity contribution in [3.05, 3.63) is 0 Å². The molecule has 1 saturated carbocycles. The zero-order valence-electron chi connectivity index (χ0n) is 11.4. The van der Waals surface area contributed by atoms with Crippen LogP contribution in [0.4, 0.5) is 4.79 Å². The molecule has 0 aromatic heterocycles. The second kappa shape index (κ2) is 6.50. The number of rotatable bonds is 3. The van der Waals surface area contributed by atoms with E-state index >= 15 is 0 Å². The number of urea groups is 1. The van der Waals surface area contributed by atoms with Crippen LogP contribution in [0.15, 0.2) is 0 Å². The normalized spacial score (nSPS) is 24.5. The maximum absolute atomic E-state index is 12.5. The average molecular weight is 286 g/mol. The van der Waals surface area contributed by atoms with Crippen LogP contribution in [0.1, 0.15) is 32.1 Å². The van der Waals surface area contributed by atoms with Crippen molar-refractivity contribution in [2.45, 2.75) is 44.2 Å². The third-order valence-electron chi connectivity index (χ3n) is 4.06. The Hall–Kier alpha value is -0.910. The van der Waals surface area contributed by atoms with Crippen LogP contribution in [0.2, 0.25) is 0 Å². The molecular weight excluding hydrogens is 264 g/mol. The van der Waals surface area contributed by atoms with Crippen molar-refractivity contribution >= 4 is 23.8 Å². The first-order valence-corrected chi connectivity index (χ1v) is 8.08. The summed E-state index contributed by atoms with van der Waals surface area (Å²) in [5.74, 6) is 0.811. The zero-order valence-corrected chi connectivity index (χ0v) is 12.2. The van der Waals surface area contributed by atoms with Gasteiger partial charge < -0.3 is 14.9 Å². The van der Waals surface area contributed by atoms with Crippen LogP contribution in [0.3, 0.4) is 0 Å². The number of carbonyl (C=O) groups is 2. The second-order valence-electron chi connectivity index (χ2n) is 5.35. The quantitative estimate of drug-likeness (QED) is 0.860. The Labute approximate surface area is 118 Å². The van der Waals surface area contributed by atoms with Crippen LogP contribution in [0.5, 0.6) is 0 Å². The molecule has 1 heterocycles. The highest BCUT2D eigenvalue weighted by molar-refractivity contribution is 7.99. The number of amides is 2. The van der Waals surface area contributed by atoms with Gasteiger partial charge in [-0.1, -0.05) is 12.8 Å². The maximum Gasteiger partial charge on any atom is 0.320 e. The highest BCUT2D eigenvalue weighted by Crippen LogP contribution is 2.26. The molecule has 0 bridgehead atoms. The van der Waals surface area contributed by atoms with Gasteiger partial charge in [0.25, 0.3) is 0 Å². The Morgan fingerprint density at radius 2 is 2.05 bits per heavy atom. The van der Waals surface area contributed by atoms with Crippen molar-refractivity contribution in [2.75, 3.05) is 25.1 Å². The summed E-state index contributed by atoms with van der Waals surface area (Å²) in [5.41, 5.74) is 0. The lowest BCUT2D eigenvalue weighted by Crippen LogP contribution is -2.53. The molecule has 2 aliphatic rings. The lowest BCUT2D eigenvalue weighted by atomic mass is 10.2. The van der Waals surface area contributed by atoms with Crippen molar-refractivity contribution in [1.29, 1.82) is 0 Å². The monoisotopic (exact) mass is 286 g/mol. The van der Waals surface area contributed by atoms with E-state index < -0.39 is 5.97 Å². The van der Waals surface area contributed by atoms with Gasteiger partial charge in [-0.3, -0.25) is 4.79 Å². The predicted molar refractivity (Wildman–Crippen MR) is 75.5 cm³/mol. The number of thioether (sulfide) groups is 1. The molecule has 1 aliphatic heterocycles. The lowest BCUT2D eigenvalue weighted by Gasteiger charge is -2.38. The van der Waals surface area contributed by atoms with E-state index in [1.54, 1.807) is 16.7 Å². The average Bonchev–Trinajstić information content (AvgIpc) is 2.91. The molecule has 6 heteroatoms. The fourth-order valence-corrected chi connectivity index (χ4v) is 3.99. The van der Waals surface area contributed by atoms with Gasteiger partial charge in [-0.05, 0) is 12.8 Å². The molecule has 108 valence electrons. The van der Waals surface area contributed by atoms with Crippen molar-refractivity contribution in [3.8, 4) is 0 Å². The summed E-state index contributed by atoms with van der Waals surface area (Å²) in [6.45, 7) is 0.665. The lowest BCUT2D eigenvalue weighted by molar-refractivity contribution is -0.138. The Morgan fingerprint density at radius 3 is 2.68 bits per heavy atom. The Kier molecular flexibility index (Phi) is 4.96. The Balaban J connectivity index is 1.99. The molecule has 1 atom stereocenters. The highest BCUT2D eigenvalue weighted by Gasteiger charge is 2.33. The standard InChI is InChI=1S/C13H22N2O3S/c1-14(10-4-2-3-5-10)13(18)15-6-7-19-9-11(15)8-12(16)17/h10-11H,2-9H2,1H3,(H,16,17). The van der Waals surface area contributed by atoms with Crippen LogP contribution >= 0.6 is 11.8 Å². The minimum atomic E-state index is -0.825. The van der Waals surface area contributed by atoms with Gasteiger partial charge in [-0.15, -0.1) is 0 Å². The Bertz CT molecular complexity index is 345. The molecule has 1 aliphatic carbocycles. The largest absolute Gasteiger partial charge is 0.481 e. The van der Waals surface area contributed by atoms with E-state index in [4.69, 9.17) is 5.11 Å². The SMILES string of the molecule is CN(C(=O)N1CCSCC1CC(=O)O)C1CCCC1. The molecule has 0 aromatic rings. The summed E-state index contributed by atoms with van der Waals surface area (Å²) >= 11 is 1.73. The van der Waals surface area contributed by atoms with Gasteiger partial charge in [-0.2, -0.15) is 11.8 Å². The molecule has 1 N–H and O–H groups in total. The molecule has 0 radical (unpaired) electrons. The summed E-state index contributed by atoms with van der Waals surface area (Å²) in [6.07, 6.45) is 4.59. The van der Waals surface area contributed by atoms with Gasteiger partial charge in [0.1, 0.15) is 0 Å². The van der Waals surface area contributed by atoms with Crippen LogP contribution in [-0.2, 0) is 4.79 Å². The first-order chi connectivity index (χ1) is 9.09. The minimum absolute atomic E-state index is 0.0125. The number of carboxylic acid groups (broad SMARTS) is 1. The second-order valence-corrected chi connectivity index (χ2v) is 6.50. The van der Waals surface area contributed by atoms with E-state index in [0.717, 1.165) is 24.3 Å². The molecule has 1 unspecified atom stereocenters. The summed E-state index contributed by atoms with van der Waals surface area (Å²) in [4.78, 5) is 27.0. The predicted octanol–water partition coefficient (Wildman–Crippen LogP) is 1.87. The fraction of sp³-hybridized carbons (Fsp3) is 0.846. The maximum atomic E-state index is 12.5. The molecule has 5 nitrogen and oxygen atoms in total.